The van der Waals surface area contributed by atoms with E-state index >= 15 is 0 Å². The van der Waals surface area contributed by atoms with Gasteiger partial charge in [0.25, 0.3) is 0 Å². The molecule has 0 aliphatic heterocycles. The molecule has 0 unspecified atom stereocenters. The van der Waals surface area contributed by atoms with Crippen LogP contribution in [0.3, 0.4) is 0 Å². The standard InChI is InChI=1S/C12H15ClN4/c1-4-11-8(2)16-17(9(11)3)12-6-5-10(7-13)14-15-12/h5-6H,4,7H2,1-3H3. The maximum atomic E-state index is 5.68. The van der Waals surface area contributed by atoms with Gasteiger partial charge in [-0.3, -0.25) is 0 Å². The van der Waals surface area contributed by atoms with E-state index in [4.69, 9.17) is 11.6 Å². The van der Waals surface area contributed by atoms with Crippen LogP contribution in [0.15, 0.2) is 12.1 Å². The molecule has 2 rings (SSSR count). The topological polar surface area (TPSA) is 43.6 Å². The van der Waals surface area contributed by atoms with Crippen molar-refractivity contribution in [3.05, 3.63) is 34.8 Å². The highest BCUT2D eigenvalue weighted by Gasteiger charge is 2.11. The van der Waals surface area contributed by atoms with Crippen LogP contribution in [-0.4, -0.2) is 20.0 Å². The second kappa shape index (κ2) is 4.84. The molecular weight excluding hydrogens is 236 g/mol. The minimum atomic E-state index is 0.380. The zero-order chi connectivity index (χ0) is 12.4. The smallest absolute Gasteiger partial charge is 0.175 e. The highest BCUT2D eigenvalue weighted by atomic mass is 35.5. The predicted octanol–water partition coefficient (Wildman–Crippen LogP) is 2.58. The van der Waals surface area contributed by atoms with Crippen molar-refractivity contribution in [2.24, 2.45) is 0 Å². The summed E-state index contributed by atoms with van der Waals surface area (Å²) in [6.07, 6.45) is 0.977. The summed E-state index contributed by atoms with van der Waals surface area (Å²) < 4.78 is 1.83. The van der Waals surface area contributed by atoms with Crippen LogP contribution in [0.1, 0.15) is 29.6 Å². The zero-order valence-electron chi connectivity index (χ0n) is 10.2. The van der Waals surface area contributed by atoms with Crippen LogP contribution < -0.4 is 0 Å². The molecule has 2 aromatic rings. The van der Waals surface area contributed by atoms with Crippen molar-refractivity contribution >= 4 is 11.6 Å². The summed E-state index contributed by atoms with van der Waals surface area (Å²) in [6.45, 7) is 6.20. The van der Waals surface area contributed by atoms with E-state index in [1.165, 1.54) is 5.56 Å². The van der Waals surface area contributed by atoms with Crippen LogP contribution in [0.2, 0.25) is 0 Å². The molecule has 0 aromatic carbocycles. The maximum Gasteiger partial charge on any atom is 0.175 e. The normalized spacial score (nSPS) is 10.8. The number of rotatable bonds is 3. The summed E-state index contributed by atoms with van der Waals surface area (Å²) in [7, 11) is 0. The molecule has 0 aliphatic rings. The van der Waals surface area contributed by atoms with Crippen LogP contribution in [0.5, 0.6) is 0 Å². The van der Waals surface area contributed by atoms with Crippen LogP contribution in [0, 0.1) is 13.8 Å². The third kappa shape index (κ3) is 2.17. The molecule has 0 fully saturated rings. The van der Waals surface area contributed by atoms with Gasteiger partial charge in [-0.1, -0.05) is 6.92 Å². The number of hydrogen-bond acceptors (Lipinski definition) is 3. The highest BCUT2D eigenvalue weighted by Crippen LogP contribution is 2.16. The van der Waals surface area contributed by atoms with Crippen molar-refractivity contribution in [2.45, 2.75) is 33.1 Å². The first-order valence-corrected chi connectivity index (χ1v) is 6.14. The lowest BCUT2D eigenvalue weighted by Crippen LogP contribution is -2.04. The molecule has 0 aliphatic carbocycles. The second-order valence-electron chi connectivity index (χ2n) is 3.93. The van der Waals surface area contributed by atoms with Gasteiger partial charge >= 0.3 is 0 Å². The molecule has 0 N–H and O–H groups in total. The zero-order valence-corrected chi connectivity index (χ0v) is 11.0. The minimum Gasteiger partial charge on any atom is -0.217 e. The Bertz CT molecular complexity index is 516. The Morgan fingerprint density at radius 1 is 1.24 bits per heavy atom. The Labute approximate surface area is 106 Å². The molecule has 17 heavy (non-hydrogen) atoms. The number of alkyl halides is 1. The van der Waals surface area contributed by atoms with Crippen molar-refractivity contribution in [3.8, 4) is 5.82 Å². The first kappa shape index (κ1) is 12.0. The quantitative estimate of drug-likeness (QED) is 0.787. The lowest BCUT2D eigenvalue weighted by Gasteiger charge is -2.03. The molecule has 2 heterocycles. The van der Waals surface area contributed by atoms with Gasteiger partial charge in [0.2, 0.25) is 0 Å². The highest BCUT2D eigenvalue weighted by molar-refractivity contribution is 6.16. The van der Waals surface area contributed by atoms with Gasteiger partial charge < -0.3 is 0 Å². The van der Waals surface area contributed by atoms with E-state index < -0.39 is 0 Å². The van der Waals surface area contributed by atoms with Crippen molar-refractivity contribution in [2.75, 3.05) is 0 Å². The lowest BCUT2D eigenvalue weighted by atomic mass is 10.1. The summed E-state index contributed by atoms with van der Waals surface area (Å²) in [6, 6.07) is 3.76. The monoisotopic (exact) mass is 250 g/mol. The van der Waals surface area contributed by atoms with E-state index in [0.29, 0.717) is 5.88 Å². The summed E-state index contributed by atoms with van der Waals surface area (Å²) >= 11 is 5.68. The van der Waals surface area contributed by atoms with Gasteiger partial charge in [0.15, 0.2) is 5.82 Å². The van der Waals surface area contributed by atoms with Crippen LogP contribution in [-0.2, 0) is 12.3 Å². The largest absolute Gasteiger partial charge is 0.217 e. The minimum absolute atomic E-state index is 0.380. The van der Waals surface area contributed by atoms with E-state index in [9.17, 15) is 0 Å². The molecule has 0 amide bonds. The number of nitrogens with zero attached hydrogens (tertiary/aromatic N) is 4. The molecule has 0 saturated carbocycles. The fourth-order valence-electron chi connectivity index (χ4n) is 1.95. The number of aromatic nitrogens is 4. The molecule has 0 radical (unpaired) electrons. The number of aryl methyl sites for hydroxylation is 1. The van der Waals surface area contributed by atoms with Crippen molar-refractivity contribution in [1.82, 2.24) is 20.0 Å². The number of hydrogen-bond donors (Lipinski definition) is 0. The van der Waals surface area contributed by atoms with E-state index in [0.717, 1.165) is 29.3 Å². The van der Waals surface area contributed by atoms with Gasteiger partial charge in [-0.15, -0.1) is 16.7 Å². The molecular formula is C12H15ClN4. The van der Waals surface area contributed by atoms with E-state index in [-0.39, 0.29) is 0 Å². The third-order valence-corrected chi connectivity index (χ3v) is 3.13. The average Bonchev–Trinajstić information content (AvgIpc) is 2.64. The van der Waals surface area contributed by atoms with Gasteiger partial charge in [0.1, 0.15) is 0 Å². The molecule has 2 aromatic heterocycles. The molecule has 0 spiro atoms. The maximum absolute atomic E-state index is 5.68. The third-order valence-electron chi connectivity index (χ3n) is 2.85. The van der Waals surface area contributed by atoms with Crippen LogP contribution >= 0.6 is 11.6 Å². The molecule has 0 bridgehead atoms. The summed E-state index contributed by atoms with van der Waals surface area (Å²) in [5.41, 5.74) is 4.21. The van der Waals surface area contributed by atoms with Crippen LogP contribution in [0.4, 0.5) is 0 Å². The lowest BCUT2D eigenvalue weighted by molar-refractivity contribution is 0.774. The summed E-state index contributed by atoms with van der Waals surface area (Å²) in [4.78, 5) is 0. The fraction of sp³-hybridized carbons (Fsp3) is 0.417. The van der Waals surface area contributed by atoms with E-state index in [1.54, 1.807) is 0 Å². The van der Waals surface area contributed by atoms with E-state index in [2.05, 4.69) is 29.1 Å². The first-order valence-electron chi connectivity index (χ1n) is 5.61. The van der Waals surface area contributed by atoms with Gasteiger partial charge in [-0.2, -0.15) is 10.2 Å². The Hall–Kier alpha value is -1.42. The van der Waals surface area contributed by atoms with Crippen molar-refractivity contribution < 1.29 is 0 Å². The average molecular weight is 251 g/mol. The van der Waals surface area contributed by atoms with Gasteiger partial charge in [-0.05, 0) is 38.0 Å². The van der Waals surface area contributed by atoms with E-state index in [1.807, 2.05) is 23.7 Å². The Balaban J connectivity index is 2.45. The van der Waals surface area contributed by atoms with Gasteiger partial charge in [-0.25, -0.2) is 4.68 Å². The summed E-state index contributed by atoms with van der Waals surface area (Å²) in [5.74, 6) is 1.11. The number of halogens is 1. The van der Waals surface area contributed by atoms with Crippen molar-refractivity contribution in [3.63, 3.8) is 0 Å². The van der Waals surface area contributed by atoms with Crippen molar-refractivity contribution in [1.29, 1.82) is 0 Å². The predicted molar refractivity (Wildman–Crippen MR) is 67.6 cm³/mol. The SMILES string of the molecule is CCc1c(C)nn(-c2ccc(CCl)nn2)c1C. The van der Waals surface area contributed by atoms with Gasteiger partial charge in [0.05, 0.1) is 17.3 Å². The molecule has 4 nitrogen and oxygen atoms in total. The second-order valence-corrected chi connectivity index (χ2v) is 4.20. The molecule has 0 atom stereocenters. The summed E-state index contributed by atoms with van der Waals surface area (Å²) in [5, 5.41) is 12.7. The molecule has 0 saturated heterocycles. The Morgan fingerprint density at radius 2 is 2.00 bits per heavy atom. The van der Waals surface area contributed by atoms with Gasteiger partial charge in [0, 0.05) is 5.69 Å². The Morgan fingerprint density at radius 3 is 2.47 bits per heavy atom. The molecule has 5 heteroatoms. The molecule has 90 valence electrons. The first-order chi connectivity index (χ1) is 8.17. The fourth-order valence-corrected chi connectivity index (χ4v) is 2.09. The van der Waals surface area contributed by atoms with Crippen LogP contribution in [0.25, 0.3) is 5.82 Å². The Kier molecular flexibility index (Phi) is 3.43.